The van der Waals surface area contributed by atoms with Gasteiger partial charge in [0.05, 0.1) is 18.4 Å². The largest absolute Gasteiger partial charge is 0.464 e. The number of nitrogens with zero attached hydrogens (tertiary/aromatic N) is 2. The lowest BCUT2D eigenvalue weighted by Crippen LogP contribution is -1.95. The minimum absolute atomic E-state index is 0.142. The molecule has 0 radical (unpaired) electrons. The summed E-state index contributed by atoms with van der Waals surface area (Å²) in [5, 5.41) is 4.39. The standard InChI is InChI=1S/C11H8FN3O2/c12-7-3-6-1-2-16-10(6)8(4-7)11-14-9(5-13)17-15-11/h1-4H,5,13H2. The second-order valence-corrected chi connectivity index (χ2v) is 3.51. The molecule has 17 heavy (non-hydrogen) atoms. The van der Waals surface area contributed by atoms with Gasteiger partial charge in [-0.1, -0.05) is 5.16 Å². The maximum Gasteiger partial charge on any atom is 0.240 e. The molecule has 2 heterocycles. The first-order chi connectivity index (χ1) is 8.28. The van der Waals surface area contributed by atoms with Gasteiger partial charge in [-0.3, -0.25) is 0 Å². The molecule has 5 nitrogen and oxygen atoms in total. The highest BCUT2D eigenvalue weighted by Gasteiger charge is 2.14. The zero-order chi connectivity index (χ0) is 11.8. The molecule has 3 aromatic rings. The summed E-state index contributed by atoms with van der Waals surface area (Å²) < 4.78 is 23.6. The van der Waals surface area contributed by atoms with Crippen molar-refractivity contribution in [2.24, 2.45) is 5.73 Å². The Morgan fingerprint density at radius 1 is 1.35 bits per heavy atom. The molecule has 0 spiro atoms. The summed E-state index contributed by atoms with van der Waals surface area (Å²) >= 11 is 0. The monoisotopic (exact) mass is 233 g/mol. The molecule has 3 rings (SSSR count). The zero-order valence-electron chi connectivity index (χ0n) is 8.68. The van der Waals surface area contributed by atoms with E-state index in [1.54, 1.807) is 6.07 Å². The van der Waals surface area contributed by atoms with Crippen molar-refractivity contribution in [3.8, 4) is 11.4 Å². The van der Waals surface area contributed by atoms with Gasteiger partial charge in [0.1, 0.15) is 11.4 Å². The lowest BCUT2D eigenvalue weighted by Gasteiger charge is -1.96. The Morgan fingerprint density at radius 2 is 2.24 bits per heavy atom. The predicted molar refractivity (Wildman–Crippen MR) is 57.4 cm³/mol. The van der Waals surface area contributed by atoms with Crippen LogP contribution in [-0.2, 0) is 6.54 Å². The summed E-state index contributed by atoms with van der Waals surface area (Å²) in [7, 11) is 0. The van der Waals surface area contributed by atoms with Crippen LogP contribution in [0.25, 0.3) is 22.4 Å². The molecular weight excluding hydrogens is 225 g/mol. The number of halogens is 1. The molecule has 1 aromatic carbocycles. The van der Waals surface area contributed by atoms with Gasteiger partial charge >= 0.3 is 0 Å². The summed E-state index contributed by atoms with van der Waals surface area (Å²) in [4.78, 5) is 4.04. The van der Waals surface area contributed by atoms with Crippen molar-refractivity contribution in [1.29, 1.82) is 0 Å². The van der Waals surface area contributed by atoms with E-state index in [0.29, 0.717) is 22.4 Å². The van der Waals surface area contributed by atoms with Crippen molar-refractivity contribution in [1.82, 2.24) is 10.1 Å². The van der Waals surface area contributed by atoms with Crippen molar-refractivity contribution < 1.29 is 13.3 Å². The first-order valence-corrected chi connectivity index (χ1v) is 4.97. The van der Waals surface area contributed by atoms with Crippen LogP contribution in [0.1, 0.15) is 5.89 Å². The van der Waals surface area contributed by atoms with Crippen molar-refractivity contribution in [2.45, 2.75) is 6.54 Å². The minimum Gasteiger partial charge on any atom is -0.464 e. The quantitative estimate of drug-likeness (QED) is 0.733. The summed E-state index contributed by atoms with van der Waals surface area (Å²) in [6.45, 7) is 0.142. The molecule has 0 saturated carbocycles. The van der Waals surface area contributed by atoms with Gasteiger partial charge in [-0.25, -0.2) is 4.39 Å². The number of hydrogen-bond acceptors (Lipinski definition) is 5. The van der Waals surface area contributed by atoms with Crippen LogP contribution in [0, 0.1) is 5.82 Å². The number of hydrogen-bond donors (Lipinski definition) is 1. The summed E-state index contributed by atoms with van der Waals surface area (Å²) in [5.41, 5.74) is 6.35. The first-order valence-electron chi connectivity index (χ1n) is 4.97. The van der Waals surface area contributed by atoms with E-state index in [1.165, 1.54) is 18.4 Å². The van der Waals surface area contributed by atoms with Crippen LogP contribution in [0.2, 0.25) is 0 Å². The van der Waals surface area contributed by atoms with E-state index >= 15 is 0 Å². The van der Waals surface area contributed by atoms with E-state index in [0.717, 1.165) is 0 Å². The molecule has 0 unspecified atom stereocenters. The molecule has 0 fully saturated rings. The number of fused-ring (bicyclic) bond motifs is 1. The lowest BCUT2D eigenvalue weighted by molar-refractivity contribution is 0.380. The van der Waals surface area contributed by atoms with Crippen molar-refractivity contribution in [3.63, 3.8) is 0 Å². The van der Waals surface area contributed by atoms with Gasteiger partial charge in [0, 0.05) is 5.39 Å². The van der Waals surface area contributed by atoms with Crippen LogP contribution in [-0.4, -0.2) is 10.1 Å². The number of nitrogens with two attached hydrogens (primary N) is 1. The van der Waals surface area contributed by atoms with Crippen molar-refractivity contribution >= 4 is 11.0 Å². The Labute approximate surface area is 95.0 Å². The zero-order valence-corrected chi connectivity index (χ0v) is 8.68. The SMILES string of the molecule is NCc1nc(-c2cc(F)cc3ccoc23)no1. The average Bonchev–Trinajstić information content (AvgIpc) is 2.95. The molecule has 0 bridgehead atoms. The Morgan fingerprint density at radius 3 is 3.00 bits per heavy atom. The van der Waals surface area contributed by atoms with Crippen LogP contribution in [0.4, 0.5) is 4.39 Å². The van der Waals surface area contributed by atoms with Gasteiger partial charge in [-0.05, 0) is 18.2 Å². The molecule has 2 aromatic heterocycles. The Kier molecular flexibility index (Phi) is 2.15. The lowest BCUT2D eigenvalue weighted by atomic mass is 10.1. The number of aromatic nitrogens is 2. The third-order valence-electron chi connectivity index (χ3n) is 2.40. The topological polar surface area (TPSA) is 78.1 Å². The third-order valence-corrected chi connectivity index (χ3v) is 2.40. The van der Waals surface area contributed by atoms with E-state index in [1.807, 2.05) is 0 Å². The molecule has 6 heteroatoms. The van der Waals surface area contributed by atoms with Gasteiger partial charge in [0.25, 0.3) is 0 Å². The van der Waals surface area contributed by atoms with E-state index in [2.05, 4.69) is 10.1 Å². The van der Waals surface area contributed by atoms with Gasteiger partial charge in [0.15, 0.2) is 0 Å². The van der Waals surface area contributed by atoms with Crippen molar-refractivity contribution in [3.05, 3.63) is 36.2 Å². The Bertz CT molecular complexity index is 674. The van der Waals surface area contributed by atoms with Crippen LogP contribution >= 0.6 is 0 Å². The fourth-order valence-corrected chi connectivity index (χ4v) is 1.66. The van der Waals surface area contributed by atoms with E-state index in [9.17, 15) is 4.39 Å². The fourth-order valence-electron chi connectivity index (χ4n) is 1.66. The molecule has 0 aliphatic rings. The molecule has 0 atom stereocenters. The summed E-state index contributed by atoms with van der Waals surface area (Å²) in [6.07, 6.45) is 1.48. The highest BCUT2D eigenvalue weighted by molar-refractivity contribution is 5.90. The average molecular weight is 233 g/mol. The van der Waals surface area contributed by atoms with E-state index in [4.69, 9.17) is 14.7 Å². The van der Waals surface area contributed by atoms with Gasteiger partial charge < -0.3 is 14.7 Å². The third kappa shape index (κ3) is 1.58. The molecule has 2 N–H and O–H groups in total. The number of furan rings is 1. The molecule has 0 saturated heterocycles. The molecule has 0 amide bonds. The second kappa shape index (κ2) is 3.67. The molecular formula is C11H8FN3O2. The first kappa shape index (κ1) is 9.98. The van der Waals surface area contributed by atoms with Gasteiger partial charge in [-0.15, -0.1) is 0 Å². The fraction of sp³-hybridized carbons (Fsp3) is 0.0909. The second-order valence-electron chi connectivity index (χ2n) is 3.51. The maximum atomic E-state index is 13.4. The smallest absolute Gasteiger partial charge is 0.240 e. The molecule has 0 aliphatic carbocycles. The number of benzene rings is 1. The van der Waals surface area contributed by atoms with Crippen LogP contribution in [0.15, 0.2) is 33.4 Å². The van der Waals surface area contributed by atoms with E-state index in [-0.39, 0.29) is 18.2 Å². The highest BCUT2D eigenvalue weighted by atomic mass is 19.1. The van der Waals surface area contributed by atoms with Gasteiger partial charge in [0.2, 0.25) is 11.7 Å². The molecule has 86 valence electrons. The maximum absolute atomic E-state index is 13.4. The number of rotatable bonds is 2. The Balaban J connectivity index is 2.24. The minimum atomic E-state index is -0.381. The predicted octanol–water partition coefficient (Wildman–Crippen LogP) is 2.08. The van der Waals surface area contributed by atoms with E-state index < -0.39 is 0 Å². The molecule has 0 aliphatic heterocycles. The van der Waals surface area contributed by atoms with Crippen LogP contribution in [0.5, 0.6) is 0 Å². The van der Waals surface area contributed by atoms with Crippen LogP contribution < -0.4 is 5.73 Å². The van der Waals surface area contributed by atoms with Crippen LogP contribution in [0.3, 0.4) is 0 Å². The highest BCUT2D eigenvalue weighted by Crippen LogP contribution is 2.28. The van der Waals surface area contributed by atoms with Crippen molar-refractivity contribution in [2.75, 3.05) is 0 Å². The normalized spacial score (nSPS) is 11.2. The summed E-state index contributed by atoms with van der Waals surface area (Å²) in [6, 6.07) is 4.36. The van der Waals surface area contributed by atoms with Gasteiger partial charge in [-0.2, -0.15) is 4.98 Å². The summed E-state index contributed by atoms with van der Waals surface area (Å²) in [5.74, 6) is 0.182. The Hall–Kier alpha value is -2.21.